The molecule has 7 heteroatoms. The molecule has 7 nitrogen and oxygen atoms in total. The Morgan fingerprint density at radius 2 is 1.74 bits per heavy atom. The zero-order valence-corrected chi connectivity index (χ0v) is 14.5. The number of hydrogen-bond donors (Lipinski definition) is 0. The molecule has 0 saturated heterocycles. The molecule has 2 aromatic rings. The molecular weight excluding hydrogens is 348 g/mol. The van der Waals surface area contributed by atoms with Crippen molar-refractivity contribution >= 4 is 24.0 Å². The van der Waals surface area contributed by atoms with E-state index in [-0.39, 0.29) is 11.9 Å². The van der Waals surface area contributed by atoms with Crippen molar-refractivity contribution in [3.05, 3.63) is 59.2 Å². The van der Waals surface area contributed by atoms with Crippen LogP contribution in [0.2, 0.25) is 0 Å². The number of hydrazone groups is 1. The normalized spacial score (nSPS) is 16.0. The lowest BCUT2D eigenvalue weighted by Crippen LogP contribution is -2.24. The number of imide groups is 1. The van der Waals surface area contributed by atoms with Gasteiger partial charge in [-0.2, -0.15) is 10.1 Å². The molecule has 1 fully saturated rings. The molecule has 0 radical (unpaired) electrons. The highest BCUT2D eigenvalue weighted by atomic mass is 16.6. The standard InChI is InChI=1S/C20H16N2O5/c1-26-17-10-12(6-9-16(17)27-20(25)13-7-8-13)11-21-22-18(23)14-4-2-3-5-15(14)19(22)24/h2-6,9-11,13H,7-8H2,1H3/b21-11-. The molecule has 0 spiro atoms. The van der Waals surface area contributed by atoms with Crippen LogP contribution in [0.1, 0.15) is 39.1 Å². The zero-order valence-electron chi connectivity index (χ0n) is 14.5. The minimum atomic E-state index is -0.464. The Balaban J connectivity index is 1.53. The molecule has 4 rings (SSSR count). The maximum absolute atomic E-state index is 12.3. The van der Waals surface area contributed by atoms with Gasteiger partial charge in [0.15, 0.2) is 11.5 Å². The molecule has 0 aromatic heterocycles. The van der Waals surface area contributed by atoms with E-state index < -0.39 is 11.8 Å². The molecule has 1 aliphatic heterocycles. The maximum Gasteiger partial charge on any atom is 0.314 e. The van der Waals surface area contributed by atoms with E-state index in [4.69, 9.17) is 9.47 Å². The van der Waals surface area contributed by atoms with Crippen molar-refractivity contribution in [1.29, 1.82) is 0 Å². The molecule has 27 heavy (non-hydrogen) atoms. The van der Waals surface area contributed by atoms with Crippen LogP contribution in [0.15, 0.2) is 47.6 Å². The summed E-state index contributed by atoms with van der Waals surface area (Å²) in [6, 6.07) is 11.5. The minimum absolute atomic E-state index is 0.0234. The van der Waals surface area contributed by atoms with Crippen LogP contribution in [-0.4, -0.2) is 36.1 Å². The van der Waals surface area contributed by atoms with Crippen molar-refractivity contribution < 1.29 is 23.9 Å². The summed E-state index contributed by atoms with van der Waals surface area (Å²) < 4.78 is 10.6. The quantitative estimate of drug-likeness (QED) is 0.352. The summed E-state index contributed by atoms with van der Waals surface area (Å²) in [6.45, 7) is 0. The first-order valence-corrected chi connectivity index (χ1v) is 8.50. The second kappa shape index (κ2) is 6.68. The third-order valence-corrected chi connectivity index (χ3v) is 4.40. The summed E-state index contributed by atoms with van der Waals surface area (Å²) in [5.74, 6) is -0.518. The van der Waals surface area contributed by atoms with Crippen molar-refractivity contribution in [1.82, 2.24) is 5.01 Å². The Kier molecular flexibility index (Phi) is 4.19. The van der Waals surface area contributed by atoms with Crippen LogP contribution in [0.3, 0.4) is 0 Å². The first kappa shape index (κ1) is 17.0. The second-order valence-corrected chi connectivity index (χ2v) is 6.32. The van der Waals surface area contributed by atoms with Crippen molar-refractivity contribution in [2.45, 2.75) is 12.8 Å². The van der Waals surface area contributed by atoms with Crippen molar-refractivity contribution in [2.24, 2.45) is 11.0 Å². The highest BCUT2D eigenvalue weighted by molar-refractivity contribution is 6.21. The summed E-state index contributed by atoms with van der Waals surface area (Å²) in [5.41, 5.74) is 1.26. The highest BCUT2D eigenvalue weighted by Crippen LogP contribution is 2.34. The first-order valence-electron chi connectivity index (χ1n) is 8.50. The molecule has 0 unspecified atom stereocenters. The SMILES string of the molecule is COc1cc(/C=N\N2C(=O)c3ccccc3C2=O)ccc1OC(=O)C1CC1. The van der Waals surface area contributed by atoms with Crippen LogP contribution in [0.4, 0.5) is 0 Å². The number of rotatable bonds is 5. The maximum atomic E-state index is 12.3. The van der Waals surface area contributed by atoms with Crippen LogP contribution < -0.4 is 9.47 Å². The van der Waals surface area contributed by atoms with Crippen molar-refractivity contribution in [3.8, 4) is 11.5 Å². The molecule has 0 N–H and O–H groups in total. The Bertz CT molecular complexity index is 943. The number of nitrogens with zero attached hydrogens (tertiary/aromatic N) is 2. The summed E-state index contributed by atoms with van der Waals surface area (Å²) in [5, 5.41) is 4.85. The first-order chi connectivity index (χ1) is 13.1. The Labute approximate surface area is 155 Å². The lowest BCUT2D eigenvalue weighted by Gasteiger charge is -2.10. The Morgan fingerprint density at radius 1 is 1.07 bits per heavy atom. The summed E-state index contributed by atoms with van der Waals surface area (Å²) in [4.78, 5) is 36.4. The van der Waals surface area contributed by atoms with Gasteiger partial charge in [-0.25, -0.2) is 0 Å². The van der Waals surface area contributed by atoms with E-state index in [1.807, 2.05) is 0 Å². The van der Waals surface area contributed by atoms with E-state index in [1.165, 1.54) is 13.3 Å². The van der Waals surface area contributed by atoms with Crippen LogP contribution >= 0.6 is 0 Å². The van der Waals surface area contributed by atoms with Gasteiger partial charge in [-0.3, -0.25) is 14.4 Å². The van der Waals surface area contributed by atoms with Gasteiger partial charge < -0.3 is 9.47 Å². The summed E-state index contributed by atoms with van der Waals surface area (Å²) >= 11 is 0. The fourth-order valence-corrected chi connectivity index (χ4v) is 2.77. The number of hydrogen-bond acceptors (Lipinski definition) is 6. The molecule has 0 atom stereocenters. The summed E-state index contributed by atoms with van der Waals surface area (Å²) in [6.07, 6.45) is 3.09. The molecule has 136 valence electrons. The van der Waals surface area contributed by atoms with E-state index in [0.717, 1.165) is 17.9 Å². The molecule has 0 bridgehead atoms. The topological polar surface area (TPSA) is 85.3 Å². The van der Waals surface area contributed by atoms with E-state index in [9.17, 15) is 14.4 Å². The number of amides is 2. The number of benzene rings is 2. The predicted octanol–water partition coefficient (Wildman–Crippen LogP) is 2.64. The lowest BCUT2D eigenvalue weighted by atomic mass is 10.1. The van der Waals surface area contributed by atoms with Crippen molar-refractivity contribution in [2.75, 3.05) is 7.11 Å². The number of fused-ring (bicyclic) bond motifs is 1. The summed E-state index contributed by atoms with van der Waals surface area (Å²) in [7, 11) is 1.47. The average Bonchev–Trinajstić information content (AvgIpc) is 3.50. The van der Waals surface area contributed by atoms with Crippen LogP contribution in [-0.2, 0) is 4.79 Å². The third-order valence-electron chi connectivity index (χ3n) is 4.40. The Morgan fingerprint density at radius 3 is 2.33 bits per heavy atom. The van der Waals surface area contributed by atoms with Crippen molar-refractivity contribution in [3.63, 3.8) is 0 Å². The number of methoxy groups -OCH3 is 1. The molecule has 1 heterocycles. The van der Waals surface area contributed by atoms with Gasteiger partial charge in [-0.1, -0.05) is 12.1 Å². The van der Waals surface area contributed by atoms with Gasteiger partial charge in [-0.05, 0) is 48.7 Å². The van der Waals surface area contributed by atoms with Gasteiger partial charge >= 0.3 is 5.97 Å². The second-order valence-electron chi connectivity index (χ2n) is 6.32. The van der Waals surface area contributed by atoms with Crippen LogP contribution in [0.5, 0.6) is 11.5 Å². The molecule has 2 aliphatic rings. The smallest absolute Gasteiger partial charge is 0.314 e. The lowest BCUT2D eigenvalue weighted by molar-refractivity contribution is -0.135. The van der Waals surface area contributed by atoms with Gasteiger partial charge in [0.25, 0.3) is 11.8 Å². The molecule has 2 amide bonds. The number of esters is 1. The van der Waals surface area contributed by atoms with Crippen LogP contribution in [0.25, 0.3) is 0 Å². The fourth-order valence-electron chi connectivity index (χ4n) is 2.77. The number of ether oxygens (including phenoxy) is 2. The molecule has 1 saturated carbocycles. The average molecular weight is 364 g/mol. The predicted molar refractivity (Wildman–Crippen MR) is 95.9 cm³/mol. The van der Waals surface area contributed by atoms with Gasteiger partial charge in [0.2, 0.25) is 0 Å². The minimum Gasteiger partial charge on any atom is -0.493 e. The van der Waals surface area contributed by atoms with E-state index >= 15 is 0 Å². The highest BCUT2D eigenvalue weighted by Gasteiger charge is 2.35. The van der Waals surface area contributed by atoms with Gasteiger partial charge in [-0.15, -0.1) is 0 Å². The molecular formula is C20H16N2O5. The van der Waals surface area contributed by atoms with E-state index in [0.29, 0.717) is 28.2 Å². The van der Waals surface area contributed by atoms with Gasteiger partial charge in [0.1, 0.15) is 0 Å². The van der Waals surface area contributed by atoms with E-state index in [2.05, 4.69) is 5.10 Å². The number of carbonyl (C=O) groups is 3. The van der Waals surface area contributed by atoms with Gasteiger partial charge in [0, 0.05) is 0 Å². The van der Waals surface area contributed by atoms with Crippen LogP contribution in [0, 0.1) is 5.92 Å². The third kappa shape index (κ3) is 3.19. The van der Waals surface area contributed by atoms with E-state index in [1.54, 1.807) is 42.5 Å². The molecule has 2 aromatic carbocycles. The van der Waals surface area contributed by atoms with Gasteiger partial charge in [0.05, 0.1) is 30.4 Å². The largest absolute Gasteiger partial charge is 0.493 e. The monoisotopic (exact) mass is 364 g/mol. The zero-order chi connectivity index (χ0) is 19.0. The fraction of sp³-hybridized carbons (Fsp3) is 0.200. The molecule has 1 aliphatic carbocycles. The number of carbonyl (C=O) groups excluding carboxylic acids is 3. The Hall–Kier alpha value is -3.48.